The quantitative estimate of drug-likeness (QED) is 0.770. The van der Waals surface area contributed by atoms with Crippen LogP contribution in [0.3, 0.4) is 0 Å². The van der Waals surface area contributed by atoms with Crippen molar-refractivity contribution in [3.05, 3.63) is 71.3 Å². The van der Waals surface area contributed by atoms with Crippen molar-refractivity contribution in [3.63, 3.8) is 0 Å². The van der Waals surface area contributed by atoms with Crippen LogP contribution >= 0.6 is 0 Å². The van der Waals surface area contributed by atoms with Crippen LogP contribution in [-0.4, -0.2) is 55.3 Å². The molecule has 5 nitrogen and oxygen atoms in total. The zero-order valence-electron chi connectivity index (χ0n) is 15.4. The lowest BCUT2D eigenvalue weighted by atomic mass is 10.2. The van der Waals surface area contributed by atoms with Crippen molar-refractivity contribution in [1.82, 2.24) is 15.1 Å². The number of hydrogen-bond acceptors (Lipinski definition) is 3. The molecule has 0 aliphatic carbocycles. The molecule has 0 heterocycles. The lowest BCUT2D eigenvalue weighted by molar-refractivity contribution is -0.130. The van der Waals surface area contributed by atoms with Crippen molar-refractivity contribution in [1.29, 1.82) is 0 Å². The monoisotopic (exact) mass is 375 g/mol. The van der Waals surface area contributed by atoms with Crippen molar-refractivity contribution in [3.8, 4) is 0 Å². The van der Waals surface area contributed by atoms with E-state index in [9.17, 15) is 18.4 Å². The zero-order chi connectivity index (χ0) is 19.8. The van der Waals surface area contributed by atoms with Gasteiger partial charge in [0.15, 0.2) is 0 Å². The second-order valence-corrected chi connectivity index (χ2v) is 6.41. The normalized spacial score (nSPS) is 10.7. The standard InChI is InChI=1S/C20H23F2N3O2/c1-24(2)10-11-25(14-15-6-4-3-5-7-15)19(26)13-23-20(27)17-9-8-16(21)12-18(17)22/h3-9,12H,10-11,13-14H2,1-2H3,(H,23,27). The molecule has 0 radical (unpaired) electrons. The summed E-state index contributed by atoms with van der Waals surface area (Å²) in [5.74, 6) is -2.77. The van der Waals surface area contributed by atoms with E-state index in [0.717, 1.165) is 17.7 Å². The third-order valence-electron chi connectivity index (χ3n) is 3.96. The molecular weight excluding hydrogens is 352 g/mol. The Morgan fingerprint density at radius 3 is 2.33 bits per heavy atom. The van der Waals surface area contributed by atoms with E-state index in [0.29, 0.717) is 25.7 Å². The largest absolute Gasteiger partial charge is 0.343 e. The third kappa shape index (κ3) is 6.45. The Morgan fingerprint density at radius 1 is 1.00 bits per heavy atom. The molecule has 27 heavy (non-hydrogen) atoms. The van der Waals surface area contributed by atoms with Gasteiger partial charge in [0.2, 0.25) is 5.91 Å². The maximum absolute atomic E-state index is 13.7. The summed E-state index contributed by atoms with van der Waals surface area (Å²) < 4.78 is 26.6. The Morgan fingerprint density at radius 2 is 1.70 bits per heavy atom. The molecule has 0 aliphatic rings. The summed E-state index contributed by atoms with van der Waals surface area (Å²) in [5, 5.41) is 2.41. The van der Waals surface area contributed by atoms with Crippen LogP contribution in [0.4, 0.5) is 8.78 Å². The molecule has 0 unspecified atom stereocenters. The Bertz CT molecular complexity index is 782. The van der Waals surface area contributed by atoms with Crippen LogP contribution in [0.2, 0.25) is 0 Å². The van der Waals surface area contributed by atoms with Gasteiger partial charge in [0.05, 0.1) is 12.1 Å². The van der Waals surface area contributed by atoms with Gasteiger partial charge in [0.1, 0.15) is 11.6 Å². The third-order valence-corrected chi connectivity index (χ3v) is 3.96. The van der Waals surface area contributed by atoms with Crippen molar-refractivity contribution in [2.24, 2.45) is 0 Å². The molecule has 0 spiro atoms. The van der Waals surface area contributed by atoms with Crippen LogP contribution in [0.5, 0.6) is 0 Å². The second-order valence-electron chi connectivity index (χ2n) is 6.41. The molecule has 0 fully saturated rings. The Kier molecular flexibility index (Phi) is 7.43. The first kappa shape index (κ1) is 20.5. The van der Waals surface area contributed by atoms with Gasteiger partial charge >= 0.3 is 0 Å². The zero-order valence-corrected chi connectivity index (χ0v) is 15.4. The molecule has 2 aromatic carbocycles. The van der Waals surface area contributed by atoms with Crippen LogP contribution in [0, 0.1) is 11.6 Å². The number of rotatable bonds is 8. The topological polar surface area (TPSA) is 52.6 Å². The number of halogens is 2. The predicted molar refractivity (Wildman–Crippen MR) is 99.1 cm³/mol. The highest BCUT2D eigenvalue weighted by molar-refractivity contribution is 5.96. The maximum Gasteiger partial charge on any atom is 0.254 e. The molecule has 1 N–H and O–H groups in total. The van der Waals surface area contributed by atoms with Crippen molar-refractivity contribution in [2.45, 2.75) is 6.54 Å². The summed E-state index contributed by atoms with van der Waals surface area (Å²) in [5.41, 5.74) is 0.674. The Labute approximate surface area is 157 Å². The molecule has 7 heteroatoms. The predicted octanol–water partition coefficient (Wildman–Crippen LogP) is 2.28. The van der Waals surface area contributed by atoms with Crippen LogP contribution in [0.15, 0.2) is 48.5 Å². The summed E-state index contributed by atoms with van der Waals surface area (Å²) in [6.45, 7) is 1.30. The van der Waals surface area contributed by atoms with Gasteiger partial charge in [-0.25, -0.2) is 8.78 Å². The minimum atomic E-state index is -0.964. The Balaban J connectivity index is 2.00. The molecule has 2 aromatic rings. The van der Waals surface area contributed by atoms with E-state index >= 15 is 0 Å². The van der Waals surface area contributed by atoms with Crippen molar-refractivity contribution in [2.75, 3.05) is 33.7 Å². The number of nitrogens with zero attached hydrogens (tertiary/aromatic N) is 2. The fraction of sp³-hybridized carbons (Fsp3) is 0.300. The summed E-state index contributed by atoms with van der Waals surface area (Å²) in [6.07, 6.45) is 0. The molecule has 0 saturated carbocycles. The molecule has 0 aliphatic heterocycles. The second kappa shape index (κ2) is 9.78. The van der Waals surface area contributed by atoms with Crippen molar-refractivity contribution < 1.29 is 18.4 Å². The average molecular weight is 375 g/mol. The van der Waals surface area contributed by atoms with Crippen LogP contribution in [0.1, 0.15) is 15.9 Å². The SMILES string of the molecule is CN(C)CCN(Cc1ccccc1)C(=O)CNC(=O)c1ccc(F)cc1F. The molecular formula is C20H23F2N3O2. The van der Waals surface area contributed by atoms with Crippen LogP contribution < -0.4 is 5.32 Å². The number of benzene rings is 2. The van der Waals surface area contributed by atoms with Crippen LogP contribution in [0.25, 0.3) is 0 Å². The van der Waals surface area contributed by atoms with E-state index in [1.165, 1.54) is 0 Å². The van der Waals surface area contributed by atoms with Crippen molar-refractivity contribution >= 4 is 11.8 Å². The van der Waals surface area contributed by atoms with E-state index < -0.39 is 17.5 Å². The number of hydrogen-bond donors (Lipinski definition) is 1. The molecule has 0 saturated heterocycles. The Hall–Kier alpha value is -2.80. The molecule has 0 atom stereocenters. The van der Waals surface area contributed by atoms with E-state index in [1.54, 1.807) is 4.90 Å². The van der Waals surface area contributed by atoms with Gasteiger partial charge in [-0.2, -0.15) is 0 Å². The number of likely N-dealkylation sites (N-methyl/N-ethyl adjacent to an activating group) is 1. The van der Waals surface area contributed by atoms with Gasteiger partial charge in [0, 0.05) is 25.7 Å². The van der Waals surface area contributed by atoms with Gasteiger partial charge < -0.3 is 15.1 Å². The number of nitrogens with one attached hydrogen (secondary N) is 1. The minimum Gasteiger partial charge on any atom is -0.343 e. The van der Waals surface area contributed by atoms with Gasteiger partial charge in [-0.05, 0) is 31.8 Å². The molecule has 0 bridgehead atoms. The fourth-order valence-corrected chi connectivity index (χ4v) is 2.45. The molecule has 0 aromatic heterocycles. The summed E-state index contributed by atoms with van der Waals surface area (Å²) >= 11 is 0. The van der Waals surface area contributed by atoms with Gasteiger partial charge in [-0.15, -0.1) is 0 Å². The molecule has 144 valence electrons. The number of carbonyl (C=O) groups excluding carboxylic acids is 2. The highest BCUT2D eigenvalue weighted by atomic mass is 19.1. The van der Waals surface area contributed by atoms with E-state index in [4.69, 9.17) is 0 Å². The smallest absolute Gasteiger partial charge is 0.254 e. The van der Waals surface area contributed by atoms with E-state index in [-0.39, 0.29) is 18.0 Å². The lowest BCUT2D eigenvalue weighted by Crippen LogP contribution is -2.42. The number of carbonyl (C=O) groups is 2. The summed E-state index contributed by atoms with van der Waals surface area (Å²) in [7, 11) is 3.81. The van der Waals surface area contributed by atoms with Gasteiger partial charge in [0.25, 0.3) is 5.91 Å². The first-order chi connectivity index (χ1) is 12.9. The van der Waals surface area contributed by atoms with E-state index in [1.807, 2.05) is 49.3 Å². The average Bonchev–Trinajstić information content (AvgIpc) is 2.63. The maximum atomic E-state index is 13.7. The minimum absolute atomic E-state index is 0.268. The fourth-order valence-electron chi connectivity index (χ4n) is 2.45. The highest BCUT2D eigenvalue weighted by Crippen LogP contribution is 2.09. The van der Waals surface area contributed by atoms with Gasteiger partial charge in [-0.3, -0.25) is 9.59 Å². The molecule has 2 amide bonds. The summed E-state index contributed by atoms with van der Waals surface area (Å²) in [4.78, 5) is 28.2. The lowest BCUT2D eigenvalue weighted by Gasteiger charge is -2.25. The summed E-state index contributed by atoms with van der Waals surface area (Å²) in [6, 6.07) is 12.2. The highest BCUT2D eigenvalue weighted by Gasteiger charge is 2.17. The van der Waals surface area contributed by atoms with E-state index in [2.05, 4.69) is 5.32 Å². The first-order valence-corrected chi connectivity index (χ1v) is 8.56. The van der Waals surface area contributed by atoms with Gasteiger partial charge in [-0.1, -0.05) is 30.3 Å². The number of amides is 2. The molecule has 2 rings (SSSR count). The van der Waals surface area contributed by atoms with Crippen LogP contribution in [-0.2, 0) is 11.3 Å². The first-order valence-electron chi connectivity index (χ1n) is 8.56.